The van der Waals surface area contributed by atoms with E-state index in [4.69, 9.17) is 5.11 Å². The molecule has 0 spiro atoms. The average molecular weight is 235 g/mol. The molecule has 2 N–H and O–H groups in total. The van der Waals surface area contributed by atoms with Gasteiger partial charge in [-0.05, 0) is 42.5 Å². The molecule has 0 aromatic heterocycles. The quantitative estimate of drug-likeness (QED) is 0.744. The van der Waals surface area contributed by atoms with Gasteiger partial charge in [-0.25, -0.2) is 0 Å². The molecule has 0 aliphatic rings. The van der Waals surface area contributed by atoms with Crippen LogP contribution in [-0.2, 0) is 11.2 Å². The van der Waals surface area contributed by atoms with E-state index in [2.05, 4.69) is 44.3 Å². The Morgan fingerprint density at radius 2 is 2.12 bits per heavy atom. The summed E-state index contributed by atoms with van der Waals surface area (Å²) in [6.07, 6.45) is 0.875. The summed E-state index contributed by atoms with van der Waals surface area (Å²) in [4.78, 5) is 10.4. The van der Waals surface area contributed by atoms with Crippen molar-refractivity contribution in [3.05, 3.63) is 34.9 Å². The largest absolute Gasteiger partial charge is 0.480 e. The summed E-state index contributed by atoms with van der Waals surface area (Å²) < 4.78 is 0. The van der Waals surface area contributed by atoms with Crippen LogP contribution >= 0.6 is 0 Å². The highest BCUT2D eigenvalue weighted by Gasteiger charge is 2.04. The lowest BCUT2D eigenvalue weighted by Crippen LogP contribution is -2.24. The van der Waals surface area contributed by atoms with Crippen LogP contribution in [0.3, 0.4) is 0 Å². The van der Waals surface area contributed by atoms with Crippen molar-refractivity contribution < 1.29 is 9.90 Å². The van der Waals surface area contributed by atoms with Gasteiger partial charge in [-0.1, -0.05) is 32.0 Å². The summed E-state index contributed by atoms with van der Waals surface area (Å²) in [6, 6.07) is 6.53. The first kappa shape index (κ1) is 13.7. The minimum atomic E-state index is -0.808. The van der Waals surface area contributed by atoms with E-state index in [9.17, 15) is 4.79 Å². The number of hydrogen-bond donors (Lipinski definition) is 2. The Bertz CT molecular complexity index is 386. The first-order chi connectivity index (χ1) is 8.00. The normalized spacial score (nSPS) is 10.8. The molecule has 0 aliphatic heterocycles. The smallest absolute Gasteiger partial charge is 0.317 e. The van der Waals surface area contributed by atoms with Gasteiger partial charge in [0.15, 0.2) is 0 Å². The predicted octanol–water partition coefficient (Wildman–Crippen LogP) is 2.34. The maximum absolute atomic E-state index is 10.4. The monoisotopic (exact) mass is 235 g/mol. The molecular weight excluding hydrogens is 214 g/mol. The average Bonchev–Trinajstić information content (AvgIpc) is 2.25. The van der Waals surface area contributed by atoms with Crippen molar-refractivity contribution in [3.8, 4) is 0 Å². The van der Waals surface area contributed by atoms with Crippen LogP contribution in [0.15, 0.2) is 18.2 Å². The summed E-state index contributed by atoms with van der Waals surface area (Å²) >= 11 is 0. The van der Waals surface area contributed by atoms with E-state index in [0.717, 1.165) is 6.42 Å². The van der Waals surface area contributed by atoms with Gasteiger partial charge in [0.25, 0.3) is 0 Å². The second kappa shape index (κ2) is 6.40. The van der Waals surface area contributed by atoms with Crippen molar-refractivity contribution in [3.63, 3.8) is 0 Å². The summed E-state index contributed by atoms with van der Waals surface area (Å²) in [5.74, 6) is -0.279. The number of rotatable bonds is 6. The second-order valence-electron chi connectivity index (χ2n) is 4.66. The highest BCUT2D eigenvalue weighted by Crippen LogP contribution is 2.18. The van der Waals surface area contributed by atoms with Gasteiger partial charge >= 0.3 is 5.97 Å². The van der Waals surface area contributed by atoms with Crippen LogP contribution in [-0.4, -0.2) is 24.2 Å². The summed E-state index contributed by atoms with van der Waals surface area (Å²) in [5, 5.41) is 11.4. The molecule has 3 nitrogen and oxygen atoms in total. The SMILES string of the molecule is Cc1ccc(C(C)C)cc1CCNCC(=O)O. The molecule has 0 atom stereocenters. The highest BCUT2D eigenvalue weighted by atomic mass is 16.4. The first-order valence-corrected chi connectivity index (χ1v) is 6.02. The molecule has 3 heteroatoms. The molecule has 1 rings (SSSR count). The number of aliphatic carboxylic acids is 1. The van der Waals surface area contributed by atoms with Gasteiger partial charge in [-0.2, -0.15) is 0 Å². The Hall–Kier alpha value is -1.35. The van der Waals surface area contributed by atoms with Gasteiger partial charge in [-0.15, -0.1) is 0 Å². The zero-order chi connectivity index (χ0) is 12.8. The Balaban J connectivity index is 2.57. The lowest BCUT2D eigenvalue weighted by molar-refractivity contribution is -0.135. The predicted molar refractivity (Wildman–Crippen MR) is 69.5 cm³/mol. The van der Waals surface area contributed by atoms with E-state index in [-0.39, 0.29) is 6.54 Å². The van der Waals surface area contributed by atoms with E-state index in [1.807, 2.05) is 0 Å². The van der Waals surface area contributed by atoms with Crippen molar-refractivity contribution in [2.45, 2.75) is 33.1 Å². The van der Waals surface area contributed by atoms with E-state index in [1.54, 1.807) is 0 Å². The molecule has 94 valence electrons. The number of nitrogens with one attached hydrogen (secondary N) is 1. The van der Waals surface area contributed by atoms with E-state index >= 15 is 0 Å². The van der Waals surface area contributed by atoms with Gasteiger partial charge in [0.2, 0.25) is 0 Å². The molecule has 0 radical (unpaired) electrons. The van der Waals surface area contributed by atoms with Crippen LogP contribution < -0.4 is 5.32 Å². The van der Waals surface area contributed by atoms with Crippen molar-refractivity contribution in [2.24, 2.45) is 0 Å². The maximum atomic E-state index is 10.4. The second-order valence-corrected chi connectivity index (χ2v) is 4.66. The molecule has 0 unspecified atom stereocenters. The molecule has 1 aromatic rings. The van der Waals surface area contributed by atoms with Crippen molar-refractivity contribution >= 4 is 5.97 Å². The van der Waals surface area contributed by atoms with Crippen LogP contribution in [0.5, 0.6) is 0 Å². The van der Waals surface area contributed by atoms with Gasteiger partial charge in [0.05, 0.1) is 6.54 Å². The van der Waals surface area contributed by atoms with Crippen LogP contribution in [0, 0.1) is 6.92 Å². The third-order valence-corrected chi connectivity index (χ3v) is 2.89. The number of hydrogen-bond acceptors (Lipinski definition) is 2. The molecule has 0 amide bonds. The van der Waals surface area contributed by atoms with E-state index in [1.165, 1.54) is 16.7 Å². The molecule has 0 heterocycles. The minimum absolute atomic E-state index is 0.0307. The fraction of sp³-hybridized carbons (Fsp3) is 0.500. The van der Waals surface area contributed by atoms with Crippen LogP contribution in [0.4, 0.5) is 0 Å². The summed E-state index contributed by atoms with van der Waals surface area (Å²) in [6.45, 7) is 7.18. The molecule has 17 heavy (non-hydrogen) atoms. The van der Waals surface area contributed by atoms with Gasteiger partial charge < -0.3 is 10.4 Å². The Morgan fingerprint density at radius 1 is 1.41 bits per heavy atom. The van der Waals surface area contributed by atoms with Crippen molar-refractivity contribution in [1.29, 1.82) is 0 Å². The van der Waals surface area contributed by atoms with Gasteiger partial charge in [-0.3, -0.25) is 4.79 Å². The van der Waals surface area contributed by atoms with Gasteiger partial charge in [0, 0.05) is 0 Å². The van der Waals surface area contributed by atoms with E-state index in [0.29, 0.717) is 12.5 Å². The third-order valence-electron chi connectivity index (χ3n) is 2.89. The minimum Gasteiger partial charge on any atom is -0.480 e. The molecule has 0 saturated carbocycles. The van der Waals surface area contributed by atoms with Crippen LogP contribution in [0.2, 0.25) is 0 Å². The third kappa shape index (κ3) is 4.57. The van der Waals surface area contributed by atoms with Crippen molar-refractivity contribution in [1.82, 2.24) is 5.32 Å². The topological polar surface area (TPSA) is 49.3 Å². The lowest BCUT2D eigenvalue weighted by atomic mass is 9.96. The standard InChI is InChI=1S/C14H21NO2/c1-10(2)12-5-4-11(3)13(8-12)6-7-15-9-14(16)17/h4-5,8,10,15H,6-7,9H2,1-3H3,(H,16,17). The van der Waals surface area contributed by atoms with Crippen LogP contribution in [0.1, 0.15) is 36.5 Å². The van der Waals surface area contributed by atoms with E-state index < -0.39 is 5.97 Å². The molecule has 1 aromatic carbocycles. The zero-order valence-corrected chi connectivity index (χ0v) is 10.8. The molecular formula is C14H21NO2. The number of aryl methyl sites for hydroxylation is 1. The zero-order valence-electron chi connectivity index (χ0n) is 10.8. The number of benzene rings is 1. The molecule has 0 aliphatic carbocycles. The van der Waals surface area contributed by atoms with Crippen molar-refractivity contribution in [2.75, 3.05) is 13.1 Å². The Labute approximate surface area is 103 Å². The number of carboxylic acids is 1. The van der Waals surface area contributed by atoms with Crippen LogP contribution in [0.25, 0.3) is 0 Å². The molecule has 0 saturated heterocycles. The Morgan fingerprint density at radius 3 is 2.71 bits per heavy atom. The maximum Gasteiger partial charge on any atom is 0.317 e. The van der Waals surface area contributed by atoms with Gasteiger partial charge in [0.1, 0.15) is 0 Å². The highest BCUT2D eigenvalue weighted by molar-refractivity contribution is 5.68. The number of carbonyl (C=O) groups is 1. The molecule has 0 bridgehead atoms. The number of carboxylic acid groups (broad SMARTS) is 1. The lowest BCUT2D eigenvalue weighted by Gasteiger charge is -2.11. The summed E-state index contributed by atoms with van der Waals surface area (Å²) in [5.41, 5.74) is 3.91. The Kier molecular flexibility index (Phi) is 5.16. The first-order valence-electron chi connectivity index (χ1n) is 6.02. The fourth-order valence-electron chi connectivity index (χ4n) is 1.74. The summed E-state index contributed by atoms with van der Waals surface area (Å²) in [7, 11) is 0. The molecule has 0 fully saturated rings. The fourth-order valence-corrected chi connectivity index (χ4v) is 1.74.